The number of carboxylic acids is 1. The highest BCUT2D eigenvalue weighted by molar-refractivity contribution is 7.85. The highest BCUT2D eigenvalue weighted by Gasteiger charge is 2.19. The van der Waals surface area contributed by atoms with Crippen molar-refractivity contribution in [3.8, 4) is 0 Å². The number of anilines is 1. The topological polar surface area (TPSA) is 66.4 Å². The van der Waals surface area contributed by atoms with E-state index in [4.69, 9.17) is 5.11 Å². The molecule has 0 aliphatic rings. The van der Waals surface area contributed by atoms with Gasteiger partial charge in [-0.15, -0.1) is 6.58 Å². The van der Waals surface area contributed by atoms with E-state index in [1.54, 1.807) is 0 Å². The van der Waals surface area contributed by atoms with Crippen molar-refractivity contribution >= 4 is 22.5 Å². The largest absolute Gasteiger partial charge is 0.480 e. The summed E-state index contributed by atoms with van der Waals surface area (Å²) in [6.07, 6.45) is 1.48. The van der Waals surface area contributed by atoms with E-state index in [9.17, 15) is 13.4 Å². The molecule has 1 rings (SSSR count). The molecule has 0 fully saturated rings. The minimum atomic E-state index is -1.28. The number of nitrogens with one attached hydrogen (secondary N) is 1. The maximum Gasteiger partial charge on any atom is 0.327 e. The maximum atomic E-state index is 12.7. The number of aliphatic carboxylic acids is 1. The van der Waals surface area contributed by atoms with Crippen molar-refractivity contribution in [2.24, 2.45) is 0 Å². The van der Waals surface area contributed by atoms with E-state index in [1.807, 2.05) is 0 Å². The fourth-order valence-corrected chi connectivity index (χ4v) is 2.30. The molecule has 0 amide bonds. The smallest absolute Gasteiger partial charge is 0.327 e. The van der Waals surface area contributed by atoms with Crippen molar-refractivity contribution in [1.82, 2.24) is 0 Å². The van der Waals surface area contributed by atoms with Gasteiger partial charge in [-0.1, -0.05) is 6.08 Å². The Balaban J connectivity index is 2.68. The van der Waals surface area contributed by atoms with Crippen LogP contribution in [0.5, 0.6) is 0 Å². The summed E-state index contributed by atoms with van der Waals surface area (Å²) < 4.78 is 24.2. The Hall–Kier alpha value is -1.69. The molecular weight excluding hydrogens is 257 g/mol. The van der Waals surface area contributed by atoms with Gasteiger partial charge in [-0.2, -0.15) is 0 Å². The molecular formula is C12H14FNO3S. The first-order valence-corrected chi connectivity index (χ1v) is 6.72. The van der Waals surface area contributed by atoms with Crippen LogP contribution >= 0.6 is 0 Å². The Labute approximate surface area is 107 Å². The third kappa shape index (κ3) is 4.67. The van der Waals surface area contributed by atoms with Crippen molar-refractivity contribution in [3.05, 3.63) is 42.7 Å². The summed E-state index contributed by atoms with van der Waals surface area (Å²) in [4.78, 5) is 11.0. The molecule has 0 bridgehead atoms. The molecule has 0 aliphatic heterocycles. The van der Waals surface area contributed by atoms with Gasteiger partial charge in [0.1, 0.15) is 11.9 Å². The van der Waals surface area contributed by atoms with Gasteiger partial charge in [-0.25, -0.2) is 9.18 Å². The SMILES string of the molecule is C=CCS(=O)C[C@H](Nc1ccc(F)cc1)C(=O)O. The van der Waals surface area contributed by atoms with Gasteiger partial charge in [0.05, 0.1) is 5.75 Å². The van der Waals surface area contributed by atoms with Crippen LogP contribution in [0.25, 0.3) is 0 Å². The predicted molar refractivity (Wildman–Crippen MR) is 69.5 cm³/mol. The van der Waals surface area contributed by atoms with Crippen molar-refractivity contribution in [2.45, 2.75) is 6.04 Å². The average Bonchev–Trinajstić information content (AvgIpc) is 2.31. The molecule has 0 saturated carbocycles. The summed E-state index contributed by atoms with van der Waals surface area (Å²) in [5.41, 5.74) is 0.472. The summed E-state index contributed by atoms with van der Waals surface area (Å²) in [5.74, 6) is -1.28. The van der Waals surface area contributed by atoms with Crippen LogP contribution in [0.1, 0.15) is 0 Å². The molecule has 4 nitrogen and oxygen atoms in total. The zero-order chi connectivity index (χ0) is 13.5. The van der Waals surface area contributed by atoms with Crippen LogP contribution < -0.4 is 5.32 Å². The molecule has 6 heteroatoms. The number of benzene rings is 1. The van der Waals surface area contributed by atoms with E-state index >= 15 is 0 Å². The number of carbonyl (C=O) groups is 1. The van der Waals surface area contributed by atoms with E-state index in [-0.39, 0.29) is 11.5 Å². The van der Waals surface area contributed by atoms with Gasteiger partial charge >= 0.3 is 5.97 Å². The maximum absolute atomic E-state index is 12.7. The Morgan fingerprint density at radius 1 is 1.50 bits per heavy atom. The summed E-state index contributed by atoms with van der Waals surface area (Å²) in [6, 6.07) is 4.34. The van der Waals surface area contributed by atoms with Gasteiger partial charge in [-0.05, 0) is 24.3 Å². The summed E-state index contributed by atoms with van der Waals surface area (Å²) >= 11 is 0. The molecule has 2 N–H and O–H groups in total. The number of carboxylic acid groups (broad SMARTS) is 1. The summed E-state index contributed by atoms with van der Waals surface area (Å²) in [6.45, 7) is 3.44. The van der Waals surface area contributed by atoms with Crippen LogP contribution in [0.3, 0.4) is 0 Å². The molecule has 0 aliphatic carbocycles. The molecule has 98 valence electrons. The molecule has 2 atom stereocenters. The van der Waals surface area contributed by atoms with Crippen molar-refractivity contribution in [1.29, 1.82) is 0 Å². The molecule has 1 aromatic rings. The first-order chi connectivity index (χ1) is 8.52. The molecule has 0 heterocycles. The van der Waals surface area contributed by atoms with Gasteiger partial charge in [0.15, 0.2) is 0 Å². The van der Waals surface area contributed by atoms with Gasteiger partial charge in [0, 0.05) is 22.2 Å². The Morgan fingerprint density at radius 2 is 2.11 bits per heavy atom. The van der Waals surface area contributed by atoms with Crippen LogP contribution in [0.2, 0.25) is 0 Å². The second-order valence-electron chi connectivity index (χ2n) is 3.60. The third-order valence-corrected chi connectivity index (χ3v) is 3.45. The van der Waals surface area contributed by atoms with Gasteiger partial charge in [0.25, 0.3) is 0 Å². The van der Waals surface area contributed by atoms with E-state index in [0.717, 1.165) is 0 Å². The Kier molecular flexibility index (Phi) is 5.51. The monoisotopic (exact) mass is 271 g/mol. The summed E-state index contributed by atoms with van der Waals surface area (Å²) in [5, 5.41) is 11.7. The molecule has 1 unspecified atom stereocenters. The lowest BCUT2D eigenvalue weighted by atomic mass is 10.2. The fraction of sp³-hybridized carbons (Fsp3) is 0.250. The van der Waals surface area contributed by atoms with Crippen molar-refractivity contribution in [2.75, 3.05) is 16.8 Å². The quantitative estimate of drug-likeness (QED) is 0.740. The Morgan fingerprint density at radius 3 is 2.61 bits per heavy atom. The predicted octanol–water partition coefficient (Wildman–Crippen LogP) is 1.63. The highest BCUT2D eigenvalue weighted by Crippen LogP contribution is 2.10. The van der Waals surface area contributed by atoms with Crippen LogP contribution in [-0.4, -0.2) is 32.8 Å². The number of rotatable bonds is 7. The van der Waals surface area contributed by atoms with Gasteiger partial charge in [0.2, 0.25) is 0 Å². The van der Waals surface area contributed by atoms with Crippen molar-refractivity contribution in [3.63, 3.8) is 0 Å². The molecule has 0 spiro atoms. The second-order valence-corrected chi connectivity index (χ2v) is 5.15. The number of halogens is 1. The molecule has 0 saturated heterocycles. The molecule has 0 aromatic heterocycles. The van der Waals surface area contributed by atoms with E-state index in [1.165, 1.54) is 30.3 Å². The summed E-state index contributed by atoms with van der Waals surface area (Å²) in [7, 11) is -1.28. The second kappa shape index (κ2) is 6.90. The zero-order valence-electron chi connectivity index (χ0n) is 9.64. The fourth-order valence-electron chi connectivity index (χ4n) is 1.31. The lowest BCUT2D eigenvalue weighted by molar-refractivity contribution is -0.137. The first kappa shape index (κ1) is 14.4. The van der Waals surface area contributed by atoms with Gasteiger partial charge < -0.3 is 10.4 Å². The molecule has 18 heavy (non-hydrogen) atoms. The molecule has 0 radical (unpaired) electrons. The third-order valence-electron chi connectivity index (χ3n) is 2.14. The van der Waals surface area contributed by atoms with E-state index in [0.29, 0.717) is 5.69 Å². The van der Waals surface area contributed by atoms with Crippen molar-refractivity contribution < 1.29 is 18.5 Å². The van der Waals surface area contributed by atoms with Crippen LogP contribution in [0, 0.1) is 5.82 Å². The lowest BCUT2D eigenvalue weighted by Gasteiger charge is -2.15. The molecule has 1 aromatic carbocycles. The van der Waals surface area contributed by atoms with Crippen LogP contribution in [-0.2, 0) is 15.6 Å². The lowest BCUT2D eigenvalue weighted by Crippen LogP contribution is -2.35. The average molecular weight is 271 g/mol. The highest BCUT2D eigenvalue weighted by atomic mass is 32.2. The van der Waals surface area contributed by atoms with Gasteiger partial charge in [-0.3, -0.25) is 4.21 Å². The van der Waals surface area contributed by atoms with Crippen LogP contribution in [0.4, 0.5) is 10.1 Å². The number of hydrogen-bond donors (Lipinski definition) is 2. The first-order valence-electron chi connectivity index (χ1n) is 5.23. The number of hydrogen-bond acceptors (Lipinski definition) is 3. The zero-order valence-corrected chi connectivity index (χ0v) is 10.5. The minimum Gasteiger partial charge on any atom is -0.480 e. The van der Waals surface area contributed by atoms with E-state index < -0.39 is 28.6 Å². The Bertz CT molecular complexity index is 447. The normalized spacial score (nSPS) is 13.6. The van der Waals surface area contributed by atoms with Crippen LogP contribution in [0.15, 0.2) is 36.9 Å². The standard InChI is InChI=1S/C12H14FNO3S/c1-2-7-18(17)8-11(12(15)16)14-10-5-3-9(13)4-6-10/h2-6,11,14H,1,7-8H2,(H,15,16)/t11-,18?/m0/s1. The minimum absolute atomic E-state index is 0.0290. The van der Waals surface area contributed by atoms with E-state index in [2.05, 4.69) is 11.9 Å².